The summed E-state index contributed by atoms with van der Waals surface area (Å²) < 4.78 is 0. The van der Waals surface area contributed by atoms with Gasteiger partial charge in [0.1, 0.15) is 0 Å². The molecule has 0 amide bonds. The van der Waals surface area contributed by atoms with Crippen molar-refractivity contribution in [3.8, 4) is 0 Å². The first kappa shape index (κ1) is 16.0. The SMILES string of the molecule is CCCC(CBr)CN(C)C(C)c1cccc(Cl)c1. The number of rotatable bonds is 7. The van der Waals surface area contributed by atoms with Gasteiger partial charge in [-0.3, -0.25) is 4.90 Å². The van der Waals surface area contributed by atoms with Crippen molar-refractivity contribution in [2.45, 2.75) is 32.7 Å². The van der Waals surface area contributed by atoms with Gasteiger partial charge in [0.15, 0.2) is 0 Å². The van der Waals surface area contributed by atoms with Crippen molar-refractivity contribution >= 4 is 27.5 Å². The molecule has 1 aromatic carbocycles. The maximum absolute atomic E-state index is 6.05. The molecule has 0 N–H and O–H groups in total. The van der Waals surface area contributed by atoms with Crippen LogP contribution in [-0.4, -0.2) is 23.8 Å². The molecule has 0 bridgehead atoms. The van der Waals surface area contributed by atoms with Crippen LogP contribution in [0.15, 0.2) is 24.3 Å². The van der Waals surface area contributed by atoms with E-state index in [2.05, 4.69) is 53.9 Å². The molecule has 0 radical (unpaired) electrons. The van der Waals surface area contributed by atoms with Crippen molar-refractivity contribution in [1.29, 1.82) is 0 Å². The van der Waals surface area contributed by atoms with Gasteiger partial charge in [0.25, 0.3) is 0 Å². The highest BCUT2D eigenvalue weighted by molar-refractivity contribution is 9.09. The minimum Gasteiger partial charge on any atom is -0.299 e. The summed E-state index contributed by atoms with van der Waals surface area (Å²) in [5.74, 6) is 0.724. The second-order valence-electron chi connectivity index (χ2n) is 4.98. The van der Waals surface area contributed by atoms with Gasteiger partial charge < -0.3 is 0 Å². The van der Waals surface area contributed by atoms with Crippen LogP contribution >= 0.6 is 27.5 Å². The lowest BCUT2D eigenvalue weighted by Gasteiger charge is -2.28. The molecule has 2 atom stereocenters. The Morgan fingerprint density at radius 2 is 2.11 bits per heavy atom. The number of benzene rings is 1. The molecule has 1 rings (SSSR count). The van der Waals surface area contributed by atoms with Gasteiger partial charge in [-0.2, -0.15) is 0 Å². The molecule has 1 nitrogen and oxygen atoms in total. The second kappa shape index (κ2) is 8.19. The Bertz CT molecular complexity index is 356. The molecule has 3 heteroatoms. The predicted molar refractivity (Wildman–Crippen MR) is 84.7 cm³/mol. The summed E-state index contributed by atoms with van der Waals surface area (Å²) in [6.45, 7) is 5.60. The monoisotopic (exact) mass is 331 g/mol. The van der Waals surface area contributed by atoms with E-state index in [1.807, 2.05) is 12.1 Å². The van der Waals surface area contributed by atoms with Gasteiger partial charge in [-0.1, -0.05) is 53.0 Å². The summed E-state index contributed by atoms with van der Waals surface area (Å²) in [5.41, 5.74) is 1.29. The highest BCUT2D eigenvalue weighted by Gasteiger charge is 2.16. The van der Waals surface area contributed by atoms with Gasteiger partial charge in [0.05, 0.1) is 0 Å². The first-order chi connectivity index (χ1) is 8.58. The summed E-state index contributed by atoms with van der Waals surface area (Å²) in [6.07, 6.45) is 2.52. The fourth-order valence-electron chi connectivity index (χ4n) is 2.21. The Morgan fingerprint density at radius 1 is 1.39 bits per heavy atom. The molecule has 0 heterocycles. The van der Waals surface area contributed by atoms with E-state index in [-0.39, 0.29) is 0 Å². The van der Waals surface area contributed by atoms with Crippen molar-refractivity contribution in [3.05, 3.63) is 34.9 Å². The molecule has 0 aliphatic rings. The zero-order valence-corrected chi connectivity index (χ0v) is 13.8. The maximum atomic E-state index is 6.05. The molecule has 0 saturated carbocycles. The average molecular weight is 333 g/mol. The molecule has 0 aliphatic heterocycles. The average Bonchev–Trinajstić information content (AvgIpc) is 2.37. The number of hydrogen-bond donors (Lipinski definition) is 0. The summed E-state index contributed by atoms with van der Waals surface area (Å²) in [6, 6.07) is 8.57. The molecule has 0 spiro atoms. The third-order valence-corrected chi connectivity index (χ3v) is 4.60. The van der Waals surface area contributed by atoms with Crippen LogP contribution in [0.5, 0.6) is 0 Å². The van der Waals surface area contributed by atoms with Crippen LogP contribution in [0.4, 0.5) is 0 Å². The number of alkyl halides is 1. The Kier molecular flexibility index (Phi) is 7.28. The van der Waals surface area contributed by atoms with Crippen LogP contribution in [0.25, 0.3) is 0 Å². The minimum atomic E-state index is 0.405. The Labute approximate surface area is 125 Å². The third-order valence-electron chi connectivity index (χ3n) is 3.45. The summed E-state index contributed by atoms with van der Waals surface area (Å²) in [5, 5.41) is 1.89. The predicted octanol–water partition coefficient (Wildman–Crippen LogP) is 5.14. The lowest BCUT2D eigenvalue weighted by molar-refractivity contribution is 0.223. The van der Waals surface area contributed by atoms with E-state index in [4.69, 9.17) is 11.6 Å². The lowest BCUT2D eigenvalue weighted by Crippen LogP contribution is -2.29. The summed E-state index contributed by atoms with van der Waals surface area (Å²) in [7, 11) is 2.19. The normalized spacial score (nSPS) is 14.8. The summed E-state index contributed by atoms with van der Waals surface area (Å²) in [4.78, 5) is 2.41. The van der Waals surface area contributed by atoms with Crippen molar-refractivity contribution in [1.82, 2.24) is 4.90 Å². The van der Waals surface area contributed by atoms with E-state index in [0.717, 1.165) is 22.8 Å². The molecular formula is C15H23BrClN. The van der Waals surface area contributed by atoms with Crippen molar-refractivity contribution < 1.29 is 0 Å². The van der Waals surface area contributed by atoms with E-state index >= 15 is 0 Å². The second-order valence-corrected chi connectivity index (χ2v) is 6.06. The first-order valence-electron chi connectivity index (χ1n) is 6.60. The molecule has 0 aliphatic carbocycles. The fraction of sp³-hybridized carbons (Fsp3) is 0.600. The molecule has 2 unspecified atom stereocenters. The highest BCUT2D eigenvalue weighted by Crippen LogP contribution is 2.23. The van der Waals surface area contributed by atoms with Crippen LogP contribution in [0.1, 0.15) is 38.3 Å². The van der Waals surface area contributed by atoms with E-state index in [9.17, 15) is 0 Å². The molecule has 0 aromatic heterocycles. The van der Waals surface area contributed by atoms with Gasteiger partial charge in [0.2, 0.25) is 0 Å². The van der Waals surface area contributed by atoms with E-state index in [0.29, 0.717) is 6.04 Å². The largest absolute Gasteiger partial charge is 0.299 e. The fourth-order valence-corrected chi connectivity index (χ4v) is 2.94. The standard InChI is InChI=1S/C15H23BrClN/c1-4-6-13(10-16)11-18(3)12(2)14-7-5-8-15(17)9-14/h5,7-9,12-13H,4,6,10-11H2,1-3H3. The van der Waals surface area contributed by atoms with E-state index < -0.39 is 0 Å². The molecule has 1 aromatic rings. The molecule has 102 valence electrons. The third kappa shape index (κ3) is 4.91. The van der Waals surface area contributed by atoms with Crippen molar-refractivity contribution in [3.63, 3.8) is 0 Å². The van der Waals surface area contributed by atoms with Crippen LogP contribution < -0.4 is 0 Å². The minimum absolute atomic E-state index is 0.405. The molecule has 0 saturated heterocycles. The van der Waals surface area contributed by atoms with E-state index in [1.165, 1.54) is 18.4 Å². The maximum Gasteiger partial charge on any atom is 0.0409 e. The zero-order valence-electron chi connectivity index (χ0n) is 11.5. The highest BCUT2D eigenvalue weighted by atomic mass is 79.9. The van der Waals surface area contributed by atoms with Gasteiger partial charge in [-0.05, 0) is 44.0 Å². The smallest absolute Gasteiger partial charge is 0.0409 e. The first-order valence-corrected chi connectivity index (χ1v) is 8.10. The van der Waals surface area contributed by atoms with Crippen molar-refractivity contribution in [2.75, 3.05) is 18.9 Å². The van der Waals surface area contributed by atoms with Crippen molar-refractivity contribution in [2.24, 2.45) is 5.92 Å². The molecule has 18 heavy (non-hydrogen) atoms. The Hall–Kier alpha value is -0.0500. The van der Waals surface area contributed by atoms with Gasteiger partial charge in [-0.15, -0.1) is 0 Å². The topological polar surface area (TPSA) is 3.24 Å². The van der Waals surface area contributed by atoms with Crippen LogP contribution in [0.2, 0.25) is 5.02 Å². The van der Waals surface area contributed by atoms with Gasteiger partial charge in [-0.25, -0.2) is 0 Å². The van der Waals surface area contributed by atoms with Crippen LogP contribution in [-0.2, 0) is 0 Å². The molecule has 0 fully saturated rings. The number of nitrogens with zero attached hydrogens (tertiary/aromatic N) is 1. The van der Waals surface area contributed by atoms with Gasteiger partial charge >= 0.3 is 0 Å². The summed E-state index contributed by atoms with van der Waals surface area (Å²) >= 11 is 9.66. The van der Waals surface area contributed by atoms with Crippen LogP contribution in [0.3, 0.4) is 0 Å². The molecular weight excluding hydrogens is 310 g/mol. The Morgan fingerprint density at radius 3 is 2.67 bits per heavy atom. The number of hydrogen-bond acceptors (Lipinski definition) is 1. The van der Waals surface area contributed by atoms with Gasteiger partial charge in [0, 0.05) is 22.9 Å². The zero-order chi connectivity index (χ0) is 13.5. The van der Waals surface area contributed by atoms with Crippen LogP contribution in [0, 0.1) is 5.92 Å². The lowest BCUT2D eigenvalue weighted by atomic mass is 10.0. The quantitative estimate of drug-likeness (QED) is 0.625. The number of halogens is 2. The van der Waals surface area contributed by atoms with E-state index in [1.54, 1.807) is 0 Å². The Balaban J connectivity index is 2.62.